The summed E-state index contributed by atoms with van der Waals surface area (Å²) in [6.07, 6.45) is -2.97. The molecule has 0 amide bonds. The van der Waals surface area contributed by atoms with E-state index in [1.54, 1.807) is 0 Å². The van der Waals surface area contributed by atoms with Gasteiger partial charge in [-0.05, 0) is 90.8 Å². The Morgan fingerprint density at radius 1 is 0.851 bits per heavy atom. The van der Waals surface area contributed by atoms with Crippen molar-refractivity contribution in [1.82, 2.24) is 0 Å². The molecule has 4 saturated carbocycles. The van der Waals surface area contributed by atoms with Crippen molar-refractivity contribution >= 4 is 5.97 Å². The molecule has 16 atom stereocenters. The second-order valence-corrected chi connectivity index (χ2v) is 18.0. The number of allylic oxidation sites excluding steroid dienone is 2. The van der Waals surface area contributed by atoms with Crippen LogP contribution in [0.4, 0.5) is 0 Å². The highest BCUT2D eigenvalue weighted by Crippen LogP contribution is 2.75. The van der Waals surface area contributed by atoms with Crippen LogP contribution >= 0.6 is 0 Å². The highest BCUT2D eigenvalue weighted by atomic mass is 16.7. The normalized spacial score (nSPS) is 55.5. The van der Waals surface area contributed by atoms with Crippen LogP contribution in [-0.2, 0) is 14.3 Å². The highest BCUT2D eigenvalue weighted by Gasteiger charge is 2.71. The van der Waals surface area contributed by atoms with Crippen molar-refractivity contribution in [3.63, 3.8) is 0 Å². The molecule has 1 saturated heterocycles. The van der Waals surface area contributed by atoms with Crippen LogP contribution < -0.4 is 0 Å². The minimum absolute atomic E-state index is 0.00220. The van der Waals surface area contributed by atoms with Crippen LogP contribution in [0.1, 0.15) is 92.9 Å². The van der Waals surface area contributed by atoms with Crippen LogP contribution in [0.25, 0.3) is 0 Å². The van der Waals surface area contributed by atoms with Crippen LogP contribution in [0, 0.1) is 50.2 Å². The topological polar surface area (TPSA) is 197 Å². The molecule has 6 rings (SSSR count). The lowest BCUT2D eigenvalue weighted by Crippen LogP contribution is -2.69. The van der Waals surface area contributed by atoms with Crippen molar-refractivity contribution in [2.45, 2.75) is 142 Å². The lowest BCUT2D eigenvalue weighted by molar-refractivity contribution is -0.327. The van der Waals surface area contributed by atoms with Crippen molar-refractivity contribution in [2.75, 3.05) is 13.2 Å². The second-order valence-electron chi connectivity index (χ2n) is 18.0. The maximum atomic E-state index is 11.9. The lowest BCUT2D eigenvalue weighted by atomic mass is 9.33. The molecule has 5 fully saturated rings. The highest BCUT2D eigenvalue weighted by molar-refractivity contribution is 5.73. The third-order valence-electron chi connectivity index (χ3n) is 15.4. The van der Waals surface area contributed by atoms with E-state index in [1.165, 1.54) is 5.57 Å². The van der Waals surface area contributed by atoms with Crippen LogP contribution in [0.15, 0.2) is 11.6 Å². The van der Waals surface area contributed by atoms with Gasteiger partial charge in [-0.1, -0.05) is 53.2 Å². The minimum atomic E-state index is -1.81. The zero-order valence-electron chi connectivity index (χ0n) is 28.8. The molecule has 1 heterocycles. The Labute approximate surface area is 278 Å². The largest absolute Gasteiger partial charge is 0.479 e. The first-order chi connectivity index (χ1) is 21.8. The fraction of sp³-hybridized carbons (Fsp3) is 0.917. The SMILES string of the molecule is CC1(C)CC(O)[C@]2(CO)C(O)C[C@]3(C)C(=CC[C@@H]4[C@@]5(C)CC[C@H](O[C@@H]6O[C@H](C(=O)O)[C@@H](O)[C@H](O)[C@H]6O)[C@@](C)(CO)[C@@H]5CC[C@]43C)[C@@H]2C1. The summed E-state index contributed by atoms with van der Waals surface area (Å²) in [5.74, 6) is -1.41. The van der Waals surface area contributed by atoms with Crippen LogP contribution in [-0.4, -0.2) is 109 Å². The summed E-state index contributed by atoms with van der Waals surface area (Å²) in [7, 11) is 0. The van der Waals surface area contributed by atoms with E-state index in [0.29, 0.717) is 19.3 Å². The third-order valence-corrected chi connectivity index (χ3v) is 15.4. The number of aliphatic hydroxyl groups is 7. The van der Waals surface area contributed by atoms with Gasteiger partial charge in [0.1, 0.15) is 18.3 Å². The summed E-state index contributed by atoms with van der Waals surface area (Å²) < 4.78 is 11.8. The number of carboxylic acids is 1. The van der Waals surface area contributed by atoms with Gasteiger partial charge < -0.3 is 50.3 Å². The number of hydrogen-bond donors (Lipinski definition) is 8. The molecule has 5 aliphatic carbocycles. The molecular formula is C36H58O11. The molecule has 0 aromatic heterocycles. The molecule has 0 spiro atoms. The Bertz CT molecular complexity index is 1270. The number of carbonyl (C=O) groups is 1. The molecule has 6 aliphatic rings. The molecule has 0 bridgehead atoms. The van der Waals surface area contributed by atoms with E-state index in [1.807, 2.05) is 6.92 Å². The second kappa shape index (κ2) is 11.4. The minimum Gasteiger partial charge on any atom is -0.479 e. The number of rotatable bonds is 5. The van der Waals surface area contributed by atoms with Crippen molar-refractivity contribution in [1.29, 1.82) is 0 Å². The number of fused-ring (bicyclic) bond motifs is 7. The van der Waals surface area contributed by atoms with Gasteiger partial charge in [0.05, 0.1) is 36.9 Å². The Hall–Kier alpha value is -1.15. The van der Waals surface area contributed by atoms with Gasteiger partial charge >= 0.3 is 5.97 Å². The first-order valence-corrected chi connectivity index (χ1v) is 17.6. The lowest BCUT2D eigenvalue weighted by Gasteiger charge is -2.72. The third kappa shape index (κ3) is 4.74. The fourth-order valence-electron chi connectivity index (χ4n) is 12.5. The Balaban J connectivity index is 1.33. The van der Waals surface area contributed by atoms with E-state index in [0.717, 1.165) is 32.1 Å². The number of ether oxygens (including phenoxy) is 2. The smallest absolute Gasteiger partial charge is 0.335 e. The van der Waals surface area contributed by atoms with Gasteiger partial charge in [0.2, 0.25) is 0 Å². The number of aliphatic carboxylic acids is 1. The van der Waals surface area contributed by atoms with Crippen molar-refractivity contribution in [3.05, 3.63) is 11.6 Å². The summed E-state index contributed by atoms with van der Waals surface area (Å²) >= 11 is 0. The van der Waals surface area contributed by atoms with Gasteiger partial charge in [-0.15, -0.1) is 0 Å². The van der Waals surface area contributed by atoms with E-state index in [9.17, 15) is 45.6 Å². The van der Waals surface area contributed by atoms with Crippen LogP contribution in [0.5, 0.6) is 0 Å². The van der Waals surface area contributed by atoms with Gasteiger partial charge in [-0.3, -0.25) is 0 Å². The predicted molar refractivity (Wildman–Crippen MR) is 170 cm³/mol. The van der Waals surface area contributed by atoms with E-state index < -0.39 is 65.8 Å². The molecule has 0 aromatic carbocycles. The van der Waals surface area contributed by atoms with E-state index in [2.05, 4.69) is 40.7 Å². The number of hydrogen-bond acceptors (Lipinski definition) is 10. The number of aliphatic hydroxyl groups excluding tert-OH is 7. The Kier molecular flexibility index (Phi) is 8.68. The first-order valence-electron chi connectivity index (χ1n) is 17.6. The zero-order chi connectivity index (χ0) is 34.7. The van der Waals surface area contributed by atoms with E-state index in [4.69, 9.17) is 9.47 Å². The first kappa shape index (κ1) is 35.7. The summed E-state index contributed by atoms with van der Waals surface area (Å²) in [5.41, 5.74) is -1.45. The van der Waals surface area contributed by atoms with Crippen LogP contribution in [0.3, 0.4) is 0 Å². The molecule has 1 aliphatic heterocycles. The van der Waals surface area contributed by atoms with E-state index >= 15 is 0 Å². The van der Waals surface area contributed by atoms with Crippen molar-refractivity contribution in [3.8, 4) is 0 Å². The maximum Gasteiger partial charge on any atom is 0.335 e. The molecule has 0 aromatic rings. The molecule has 268 valence electrons. The van der Waals surface area contributed by atoms with Crippen molar-refractivity contribution < 1.29 is 55.1 Å². The van der Waals surface area contributed by atoms with Gasteiger partial charge in [0, 0.05) is 5.41 Å². The predicted octanol–water partition coefficient (Wildman–Crippen LogP) is 1.97. The summed E-state index contributed by atoms with van der Waals surface area (Å²) in [5, 5.41) is 86.1. The van der Waals surface area contributed by atoms with Gasteiger partial charge in [-0.2, -0.15) is 0 Å². The molecule has 11 nitrogen and oxygen atoms in total. The standard InChI is InChI=1S/C36H58O11/c1-31(2)13-19-18-7-8-21-32(3)11-10-24(46-30-27(43)25(41)26(42)28(47-30)29(44)45)33(4,16-37)20(32)9-12-34(21,5)35(18,6)15-23(40)36(19,17-38)22(39)14-31/h7,19-28,30,37-43H,8-17H2,1-6H3,(H,44,45)/t19-,20+,21+,22?,23?,24-,25-,26-,27+,28-,30+,32-,33-,34+,35+,36+/m0/s1. The molecule has 2 unspecified atom stereocenters. The average molecular weight is 667 g/mol. The van der Waals surface area contributed by atoms with Gasteiger partial charge in [0.15, 0.2) is 12.4 Å². The molecule has 47 heavy (non-hydrogen) atoms. The zero-order valence-corrected chi connectivity index (χ0v) is 28.8. The Morgan fingerprint density at radius 2 is 1.51 bits per heavy atom. The maximum absolute atomic E-state index is 11.9. The molecule has 0 radical (unpaired) electrons. The van der Waals surface area contributed by atoms with Crippen molar-refractivity contribution in [2.24, 2.45) is 50.2 Å². The Morgan fingerprint density at radius 3 is 2.13 bits per heavy atom. The quantitative estimate of drug-likeness (QED) is 0.158. The fourth-order valence-corrected chi connectivity index (χ4v) is 12.5. The molecular weight excluding hydrogens is 608 g/mol. The van der Waals surface area contributed by atoms with E-state index in [-0.39, 0.29) is 52.6 Å². The summed E-state index contributed by atoms with van der Waals surface area (Å²) in [6, 6.07) is 0. The van der Waals surface area contributed by atoms with Gasteiger partial charge in [0.25, 0.3) is 0 Å². The average Bonchev–Trinajstić information content (AvgIpc) is 2.98. The number of carboxylic acid groups (broad SMARTS) is 1. The summed E-state index contributed by atoms with van der Waals surface area (Å²) in [6.45, 7) is 12.8. The molecule has 11 heteroatoms. The molecule has 8 N–H and O–H groups in total. The summed E-state index contributed by atoms with van der Waals surface area (Å²) in [4.78, 5) is 11.7. The van der Waals surface area contributed by atoms with Gasteiger partial charge in [-0.25, -0.2) is 4.79 Å². The van der Waals surface area contributed by atoms with Crippen LogP contribution in [0.2, 0.25) is 0 Å². The monoisotopic (exact) mass is 666 g/mol.